The van der Waals surface area contributed by atoms with Crippen molar-refractivity contribution in [1.82, 2.24) is 10.4 Å². The Morgan fingerprint density at radius 2 is 2.06 bits per heavy atom. The molecular formula is C13H19N3O2. The Morgan fingerprint density at radius 3 is 2.61 bits per heavy atom. The number of unbranched alkanes of at least 4 members (excludes halogenated alkanes) is 1. The molecule has 5 heteroatoms. The Balaban J connectivity index is 1.97. The van der Waals surface area contributed by atoms with E-state index in [0.717, 1.165) is 30.9 Å². The van der Waals surface area contributed by atoms with Crippen molar-refractivity contribution in [3.05, 3.63) is 24.3 Å². The molecule has 2 amide bonds. The van der Waals surface area contributed by atoms with Crippen LogP contribution < -0.4 is 15.1 Å². The number of rotatable bonds is 5. The van der Waals surface area contributed by atoms with Crippen LogP contribution in [0.1, 0.15) is 19.8 Å². The van der Waals surface area contributed by atoms with Gasteiger partial charge in [0.25, 0.3) is 0 Å². The minimum Gasteiger partial charge on any atom is -0.494 e. The number of urea groups is 1. The first-order valence-electron chi connectivity index (χ1n) is 6.24. The van der Waals surface area contributed by atoms with Crippen LogP contribution in [0.2, 0.25) is 0 Å². The summed E-state index contributed by atoms with van der Waals surface area (Å²) in [4.78, 5) is 13.4. The predicted octanol–water partition coefficient (Wildman–Crippen LogP) is 2.20. The van der Waals surface area contributed by atoms with Crippen LogP contribution in [0.5, 0.6) is 5.75 Å². The van der Waals surface area contributed by atoms with Crippen molar-refractivity contribution in [2.75, 3.05) is 25.2 Å². The molecule has 5 nitrogen and oxygen atoms in total. The zero-order chi connectivity index (χ0) is 13.0. The summed E-state index contributed by atoms with van der Waals surface area (Å²) in [5.74, 6) is 0.847. The highest BCUT2D eigenvalue weighted by molar-refractivity contribution is 5.93. The molecule has 0 spiro atoms. The number of hydrazine groups is 1. The van der Waals surface area contributed by atoms with Gasteiger partial charge in [-0.1, -0.05) is 13.3 Å². The van der Waals surface area contributed by atoms with Gasteiger partial charge in [-0.05, 0) is 30.7 Å². The topological polar surface area (TPSA) is 44.8 Å². The number of ether oxygens (including phenoxy) is 1. The van der Waals surface area contributed by atoms with Crippen LogP contribution in [-0.2, 0) is 0 Å². The zero-order valence-corrected chi connectivity index (χ0v) is 10.8. The molecule has 1 N–H and O–H groups in total. The molecule has 0 unspecified atom stereocenters. The van der Waals surface area contributed by atoms with E-state index in [2.05, 4.69) is 12.3 Å². The van der Waals surface area contributed by atoms with Crippen molar-refractivity contribution < 1.29 is 9.53 Å². The van der Waals surface area contributed by atoms with Crippen LogP contribution in [-0.4, -0.2) is 31.4 Å². The fourth-order valence-corrected chi connectivity index (χ4v) is 1.75. The molecule has 98 valence electrons. The van der Waals surface area contributed by atoms with Crippen molar-refractivity contribution >= 4 is 11.7 Å². The van der Waals surface area contributed by atoms with Gasteiger partial charge >= 0.3 is 6.03 Å². The van der Waals surface area contributed by atoms with Gasteiger partial charge in [-0.3, -0.25) is 9.91 Å². The molecule has 1 aliphatic rings. The minimum absolute atomic E-state index is 0.0466. The highest BCUT2D eigenvalue weighted by atomic mass is 16.5. The van der Waals surface area contributed by atoms with Gasteiger partial charge in [0.05, 0.1) is 13.3 Å². The maximum atomic E-state index is 11.8. The van der Waals surface area contributed by atoms with Gasteiger partial charge in [0, 0.05) is 12.7 Å². The lowest BCUT2D eigenvalue weighted by Gasteiger charge is -2.15. The maximum absolute atomic E-state index is 11.8. The SMILES string of the molecule is CCCCOc1ccc(N2CNN(C)C2=O)cc1. The molecule has 1 aromatic carbocycles. The Labute approximate surface area is 107 Å². The monoisotopic (exact) mass is 249 g/mol. The minimum atomic E-state index is -0.0466. The van der Waals surface area contributed by atoms with Gasteiger partial charge in [-0.2, -0.15) is 0 Å². The van der Waals surface area contributed by atoms with Gasteiger partial charge in [-0.15, -0.1) is 0 Å². The number of anilines is 1. The Hall–Kier alpha value is -1.75. The molecule has 0 bridgehead atoms. The molecule has 1 aliphatic heterocycles. The predicted molar refractivity (Wildman–Crippen MR) is 70.5 cm³/mol. The third kappa shape index (κ3) is 2.73. The second-order valence-corrected chi connectivity index (χ2v) is 4.28. The first-order valence-corrected chi connectivity index (χ1v) is 6.24. The van der Waals surface area contributed by atoms with E-state index < -0.39 is 0 Å². The second kappa shape index (κ2) is 5.73. The number of carbonyl (C=O) groups is 1. The number of carbonyl (C=O) groups excluding carboxylic acids is 1. The van der Waals surface area contributed by atoms with Gasteiger partial charge in [0.2, 0.25) is 0 Å². The summed E-state index contributed by atoms with van der Waals surface area (Å²) in [6, 6.07) is 7.56. The zero-order valence-electron chi connectivity index (χ0n) is 10.8. The summed E-state index contributed by atoms with van der Waals surface area (Å²) in [5, 5.41) is 1.48. The number of benzene rings is 1. The molecule has 1 aromatic rings. The summed E-state index contributed by atoms with van der Waals surface area (Å²) in [6.07, 6.45) is 2.18. The van der Waals surface area contributed by atoms with Crippen LogP contribution in [0.4, 0.5) is 10.5 Å². The van der Waals surface area contributed by atoms with E-state index in [0.29, 0.717) is 6.67 Å². The van der Waals surface area contributed by atoms with E-state index in [1.807, 2.05) is 24.3 Å². The van der Waals surface area contributed by atoms with Crippen molar-refractivity contribution in [2.45, 2.75) is 19.8 Å². The number of amides is 2. The van der Waals surface area contributed by atoms with E-state index in [-0.39, 0.29) is 6.03 Å². The molecule has 0 aromatic heterocycles. The van der Waals surface area contributed by atoms with Crippen molar-refractivity contribution in [3.63, 3.8) is 0 Å². The molecular weight excluding hydrogens is 230 g/mol. The lowest BCUT2D eigenvalue weighted by molar-refractivity contribution is 0.217. The number of nitrogens with zero attached hydrogens (tertiary/aromatic N) is 2. The summed E-state index contributed by atoms with van der Waals surface area (Å²) < 4.78 is 5.58. The van der Waals surface area contributed by atoms with Gasteiger partial charge < -0.3 is 4.74 Å². The number of hydrogen-bond acceptors (Lipinski definition) is 3. The molecule has 2 rings (SSSR count). The Kier molecular flexibility index (Phi) is 4.04. The molecule has 1 fully saturated rings. The largest absolute Gasteiger partial charge is 0.494 e. The molecule has 18 heavy (non-hydrogen) atoms. The van der Waals surface area contributed by atoms with Gasteiger partial charge in [0.15, 0.2) is 0 Å². The third-order valence-corrected chi connectivity index (χ3v) is 2.90. The normalized spacial score (nSPS) is 15.3. The van der Waals surface area contributed by atoms with E-state index in [4.69, 9.17) is 4.74 Å². The van der Waals surface area contributed by atoms with Gasteiger partial charge in [0.1, 0.15) is 5.75 Å². The Bertz CT molecular complexity index is 405. The molecule has 0 atom stereocenters. The first kappa shape index (κ1) is 12.7. The second-order valence-electron chi connectivity index (χ2n) is 4.28. The highest BCUT2D eigenvalue weighted by Crippen LogP contribution is 2.21. The summed E-state index contributed by atoms with van der Waals surface area (Å²) >= 11 is 0. The maximum Gasteiger partial charge on any atom is 0.339 e. The van der Waals surface area contributed by atoms with Gasteiger partial charge in [-0.25, -0.2) is 10.2 Å². The standard InChI is InChI=1S/C13H19N3O2/c1-3-4-9-18-12-7-5-11(6-8-12)16-10-14-15(2)13(16)17/h5-8,14H,3-4,9-10H2,1-2H3. The van der Waals surface area contributed by atoms with Crippen LogP contribution in [0.15, 0.2) is 24.3 Å². The van der Waals surface area contributed by atoms with Crippen molar-refractivity contribution in [1.29, 1.82) is 0 Å². The molecule has 1 heterocycles. The summed E-state index contributed by atoms with van der Waals surface area (Å²) in [6.45, 7) is 3.38. The fourth-order valence-electron chi connectivity index (χ4n) is 1.75. The molecule has 0 radical (unpaired) electrons. The van der Waals surface area contributed by atoms with E-state index in [1.165, 1.54) is 5.01 Å². The number of hydrogen-bond donors (Lipinski definition) is 1. The third-order valence-electron chi connectivity index (χ3n) is 2.90. The van der Waals surface area contributed by atoms with E-state index in [1.54, 1.807) is 11.9 Å². The smallest absolute Gasteiger partial charge is 0.339 e. The molecule has 0 saturated carbocycles. The summed E-state index contributed by atoms with van der Waals surface area (Å²) in [5.41, 5.74) is 3.83. The lowest BCUT2D eigenvalue weighted by Crippen LogP contribution is -2.31. The van der Waals surface area contributed by atoms with Crippen LogP contribution in [0.3, 0.4) is 0 Å². The average molecular weight is 249 g/mol. The summed E-state index contributed by atoms with van der Waals surface area (Å²) in [7, 11) is 1.71. The fraction of sp³-hybridized carbons (Fsp3) is 0.462. The van der Waals surface area contributed by atoms with E-state index >= 15 is 0 Å². The lowest BCUT2D eigenvalue weighted by atomic mass is 10.3. The molecule has 1 saturated heterocycles. The van der Waals surface area contributed by atoms with Crippen molar-refractivity contribution in [3.8, 4) is 5.75 Å². The van der Waals surface area contributed by atoms with Crippen LogP contribution >= 0.6 is 0 Å². The quantitative estimate of drug-likeness (QED) is 0.814. The Morgan fingerprint density at radius 1 is 1.33 bits per heavy atom. The average Bonchev–Trinajstić information content (AvgIpc) is 2.72. The van der Waals surface area contributed by atoms with Crippen molar-refractivity contribution in [2.24, 2.45) is 0 Å². The van der Waals surface area contributed by atoms with E-state index in [9.17, 15) is 4.79 Å². The number of nitrogens with one attached hydrogen (secondary N) is 1. The molecule has 0 aliphatic carbocycles. The highest BCUT2D eigenvalue weighted by Gasteiger charge is 2.26. The first-order chi connectivity index (χ1) is 8.72. The van der Waals surface area contributed by atoms with Crippen LogP contribution in [0, 0.1) is 0 Å². The van der Waals surface area contributed by atoms with Crippen LogP contribution in [0.25, 0.3) is 0 Å².